The highest BCUT2D eigenvalue weighted by molar-refractivity contribution is 7.96. The van der Waals surface area contributed by atoms with Crippen molar-refractivity contribution in [2.75, 3.05) is 18.1 Å². The lowest BCUT2D eigenvalue weighted by Gasteiger charge is -2.20. The minimum Gasteiger partial charge on any atom is -0.312 e. The summed E-state index contributed by atoms with van der Waals surface area (Å²) in [6.45, 7) is 4.62. The Balaban J connectivity index is 2.21. The Kier molecular flexibility index (Phi) is 5.86. The van der Waals surface area contributed by atoms with Crippen LogP contribution in [-0.2, 0) is 19.7 Å². The average molecular weight is 360 g/mol. The Morgan fingerprint density at radius 3 is 2.39 bits per heavy atom. The second-order valence-electron chi connectivity index (χ2n) is 6.24. The standard InChI is InChI=1S/C16H25NO4S2/c1-3-4-5-10-17-15-11-22(18,19)12-16(15)23(20,21)14-8-6-13(2)7-9-14/h6-9,15-17H,3-5,10-12H2,1-2H3/t15-,16-/m0/s1. The number of hydrogen-bond acceptors (Lipinski definition) is 5. The third-order valence-corrected chi connectivity index (χ3v) is 8.40. The Bertz CT molecular complexity index is 724. The van der Waals surface area contributed by atoms with Crippen LogP contribution in [0, 0.1) is 6.92 Å². The van der Waals surface area contributed by atoms with Crippen molar-refractivity contribution in [2.45, 2.75) is 49.3 Å². The largest absolute Gasteiger partial charge is 0.312 e. The highest BCUT2D eigenvalue weighted by Crippen LogP contribution is 2.26. The van der Waals surface area contributed by atoms with Crippen LogP contribution in [0.2, 0.25) is 0 Å². The quantitative estimate of drug-likeness (QED) is 0.750. The van der Waals surface area contributed by atoms with Gasteiger partial charge in [0.15, 0.2) is 19.7 Å². The van der Waals surface area contributed by atoms with Crippen LogP contribution in [0.15, 0.2) is 29.2 Å². The predicted molar refractivity (Wildman–Crippen MR) is 92.1 cm³/mol. The lowest BCUT2D eigenvalue weighted by Crippen LogP contribution is -2.43. The van der Waals surface area contributed by atoms with E-state index < -0.39 is 31.0 Å². The molecule has 2 rings (SSSR count). The molecule has 1 aliphatic rings. The highest BCUT2D eigenvalue weighted by Gasteiger charge is 2.45. The second-order valence-corrected chi connectivity index (χ2v) is 10.6. The van der Waals surface area contributed by atoms with E-state index in [1.807, 2.05) is 6.92 Å². The van der Waals surface area contributed by atoms with E-state index in [2.05, 4.69) is 12.2 Å². The molecule has 2 atom stereocenters. The fourth-order valence-electron chi connectivity index (χ4n) is 2.88. The number of rotatable bonds is 7. The fraction of sp³-hybridized carbons (Fsp3) is 0.625. The molecule has 130 valence electrons. The molecule has 0 bridgehead atoms. The van der Waals surface area contributed by atoms with E-state index in [0.29, 0.717) is 6.54 Å². The maximum Gasteiger partial charge on any atom is 0.183 e. The van der Waals surface area contributed by atoms with E-state index >= 15 is 0 Å². The average Bonchev–Trinajstić information content (AvgIpc) is 2.80. The number of aryl methyl sites for hydroxylation is 1. The van der Waals surface area contributed by atoms with Gasteiger partial charge in [-0.25, -0.2) is 16.8 Å². The first kappa shape index (κ1) is 18.4. The first-order valence-corrected chi connectivity index (χ1v) is 11.4. The number of hydrogen-bond donors (Lipinski definition) is 1. The highest BCUT2D eigenvalue weighted by atomic mass is 32.2. The van der Waals surface area contributed by atoms with Gasteiger partial charge in [-0.15, -0.1) is 0 Å². The zero-order valence-corrected chi connectivity index (χ0v) is 15.3. The molecule has 0 spiro atoms. The van der Waals surface area contributed by atoms with Crippen molar-refractivity contribution < 1.29 is 16.8 Å². The van der Waals surface area contributed by atoms with Gasteiger partial charge in [-0.1, -0.05) is 37.5 Å². The van der Waals surface area contributed by atoms with E-state index in [-0.39, 0.29) is 16.4 Å². The van der Waals surface area contributed by atoms with Crippen molar-refractivity contribution in [2.24, 2.45) is 0 Å². The molecule has 1 aromatic rings. The van der Waals surface area contributed by atoms with Crippen molar-refractivity contribution in [3.05, 3.63) is 29.8 Å². The predicted octanol–water partition coefficient (Wildman–Crippen LogP) is 1.71. The molecule has 0 aromatic heterocycles. The number of nitrogens with one attached hydrogen (secondary N) is 1. The summed E-state index contributed by atoms with van der Waals surface area (Å²) >= 11 is 0. The molecular weight excluding hydrogens is 334 g/mol. The Hall–Kier alpha value is -0.920. The third kappa shape index (κ3) is 4.55. The van der Waals surface area contributed by atoms with Crippen LogP contribution in [0.5, 0.6) is 0 Å². The van der Waals surface area contributed by atoms with Crippen molar-refractivity contribution in [3.8, 4) is 0 Å². The van der Waals surface area contributed by atoms with E-state index in [4.69, 9.17) is 0 Å². The van der Waals surface area contributed by atoms with Gasteiger partial charge in [-0.3, -0.25) is 0 Å². The van der Waals surface area contributed by atoms with Gasteiger partial charge in [0.05, 0.1) is 21.7 Å². The van der Waals surface area contributed by atoms with Crippen LogP contribution in [0.1, 0.15) is 31.7 Å². The lowest BCUT2D eigenvalue weighted by molar-refractivity contribution is 0.513. The number of unbranched alkanes of at least 4 members (excludes halogenated alkanes) is 2. The molecule has 5 nitrogen and oxygen atoms in total. The topological polar surface area (TPSA) is 80.3 Å². The van der Waals surface area contributed by atoms with Gasteiger partial charge in [0.25, 0.3) is 0 Å². The molecule has 0 amide bonds. The minimum absolute atomic E-state index is 0.102. The summed E-state index contributed by atoms with van der Waals surface area (Å²) in [6, 6.07) is 6.07. The monoisotopic (exact) mass is 359 g/mol. The van der Waals surface area contributed by atoms with Crippen LogP contribution >= 0.6 is 0 Å². The van der Waals surface area contributed by atoms with Gasteiger partial charge >= 0.3 is 0 Å². The Morgan fingerprint density at radius 1 is 1.13 bits per heavy atom. The SMILES string of the molecule is CCCCCN[C@H]1CS(=O)(=O)C[C@@H]1S(=O)(=O)c1ccc(C)cc1. The Labute approximate surface area is 139 Å². The summed E-state index contributed by atoms with van der Waals surface area (Å²) in [5.41, 5.74) is 0.970. The lowest BCUT2D eigenvalue weighted by atomic mass is 10.2. The second kappa shape index (κ2) is 7.32. The molecule has 0 saturated carbocycles. The molecule has 1 aliphatic heterocycles. The molecule has 1 aromatic carbocycles. The smallest absolute Gasteiger partial charge is 0.183 e. The Morgan fingerprint density at radius 2 is 1.78 bits per heavy atom. The van der Waals surface area contributed by atoms with Crippen LogP contribution in [-0.4, -0.2) is 46.2 Å². The normalized spacial score (nSPS) is 23.9. The van der Waals surface area contributed by atoms with E-state index in [1.54, 1.807) is 24.3 Å². The molecule has 0 aliphatic carbocycles. The molecule has 1 N–H and O–H groups in total. The molecule has 0 radical (unpaired) electrons. The first-order valence-electron chi connectivity index (χ1n) is 8.00. The van der Waals surface area contributed by atoms with Crippen molar-refractivity contribution in [1.82, 2.24) is 5.32 Å². The van der Waals surface area contributed by atoms with Crippen LogP contribution in [0.3, 0.4) is 0 Å². The van der Waals surface area contributed by atoms with Gasteiger partial charge in [-0.2, -0.15) is 0 Å². The summed E-state index contributed by atoms with van der Waals surface area (Å²) in [6.07, 6.45) is 3.03. The van der Waals surface area contributed by atoms with Crippen LogP contribution < -0.4 is 5.32 Å². The van der Waals surface area contributed by atoms with Gasteiger partial charge in [0.2, 0.25) is 0 Å². The number of sulfone groups is 2. The van der Waals surface area contributed by atoms with Crippen LogP contribution in [0.25, 0.3) is 0 Å². The number of benzene rings is 1. The summed E-state index contributed by atoms with van der Waals surface area (Å²) in [5, 5.41) is 2.25. The van der Waals surface area contributed by atoms with Crippen molar-refractivity contribution in [3.63, 3.8) is 0 Å². The molecule has 1 heterocycles. The molecule has 23 heavy (non-hydrogen) atoms. The van der Waals surface area contributed by atoms with Gasteiger partial charge in [0.1, 0.15) is 0 Å². The zero-order valence-electron chi connectivity index (χ0n) is 13.7. The third-order valence-electron chi connectivity index (χ3n) is 4.24. The van der Waals surface area contributed by atoms with Gasteiger partial charge in [0, 0.05) is 6.04 Å². The molecule has 7 heteroatoms. The molecule has 1 fully saturated rings. The molecule has 1 saturated heterocycles. The van der Waals surface area contributed by atoms with Crippen LogP contribution in [0.4, 0.5) is 0 Å². The van der Waals surface area contributed by atoms with Crippen molar-refractivity contribution in [1.29, 1.82) is 0 Å². The minimum atomic E-state index is -3.66. The van der Waals surface area contributed by atoms with Gasteiger partial charge in [-0.05, 0) is 32.0 Å². The summed E-state index contributed by atoms with van der Waals surface area (Å²) in [4.78, 5) is 0.200. The first-order chi connectivity index (χ1) is 10.8. The molecule has 0 unspecified atom stereocenters. The summed E-state index contributed by atoms with van der Waals surface area (Å²) in [7, 11) is -6.99. The maximum absolute atomic E-state index is 12.8. The van der Waals surface area contributed by atoms with Crippen molar-refractivity contribution >= 4 is 19.7 Å². The molecular formula is C16H25NO4S2. The van der Waals surface area contributed by atoms with E-state index in [0.717, 1.165) is 24.8 Å². The van der Waals surface area contributed by atoms with Gasteiger partial charge < -0.3 is 5.32 Å². The maximum atomic E-state index is 12.8. The summed E-state index contributed by atoms with van der Waals surface area (Å²) in [5.74, 6) is -0.399. The zero-order chi connectivity index (χ0) is 17.1. The van der Waals surface area contributed by atoms with E-state index in [1.165, 1.54) is 0 Å². The summed E-state index contributed by atoms with van der Waals surface area (Å²) < 4.78 is 49.6. The fourth-order valence-corrected chi connectivity index (χ4v) is 7.59. The van der Waals surface area contributed by atoms with E-state index in [9.17, 15) is 16.8 Å².